The normalized spacial score (nSPS) is 26.6. The van der Waals surface area contributed by atoms with Gasteiger partial charge in [-0.3, -0.25) is 24.5 Å². The van der Waals surface area contributed by atoms with Crippen LogP contribution in [0.5, 0.6) is 0 Å². The molecule has 0 aromatic heterocycles. The molecule has 4 N–H and O–H groups in total. The van der Waals surface area contributed by atoms with Crippen molar-refractivity contribution >= 4 is 57.4 Å². The van der Waals surface area contributed by atoms with Gasteiger partial charge in [-0.05, 0) is 47.9 Å². The molecule has 0 radical (unpaired) electrons. The number of anilines is 2. The van der Waals surface area contributed by atoms with Gasteiger partial charge in [0.25, 0.3) is 0 Å². The van der Waals surface area contributed by atoms with E-state index >= 15 is 0 Å². The van der Waals surface area contributed by atoms with Crippen molar-refractivity contribution in [3.05, 3.63) is 70.7 Å². The lowest BCUT2D eigenvalue weighted by atomic mass is 9.76. The minimum atomic E-state index is -1.46. The number of carbonyl (C=O) groups excluding carboxylic acids is 4. The number of halogens is 1. The minimum absolute atomic E-state index is 0.0164. The lowest BCUT2D eigenvalue weighted by Crippen LogP contribution is -2.53. The minimum Gasteiger partial charge on any atom is -0.370 e. The number of carbonyl (C=O) groups is 4. The van der Waals surface area contributed by atoms with Crippen LogP contribution in [-0.2, 0) is 24.7 Å². The second kappa shape index (κ2) is 7.88. The molecular formula is C27H23ClN4O4. The number of hydrogen-bond donors (Lipinski definition) is 3. The van der Waals surface area contributed by atoms with Crippen LogP contribution < -0.4 is 21.3 Å². The van der Waals surface area contributed by atoms with Crippen LogP contribution in [0.15, 0.2) is 54.6 Å². The van der Waals surface area contributed by atoms with E-state index in [1.165, 1.54) is 4.90 Å². The van der Waals surface area contributed by atoms with Crippen molar-refractivity contribution in [2.24, 2.45) is 17.6 Å². The van der Waals surface area contributed by atoms with Crippen molar-refractivity contribution in [1.82, 2.24) is 5.32 Å². The van der Waals surface area contributed by atoms with Crippen molar-refractivity contribution in [2.75, 3.05) is 10.2 Å². The summed E-state index contributed by atoms with van der Waals surface area (Å²) in [7, 11) is 0. The molecule has 3 heterocycles. The third kappa shape index (κ3) is 2.98. The fourth-order valence-electron chi connectivity index (χ4n) is 6.11. The highest BCUT2D eigenvalue weighted by Crippen LogP contribution is 2.55. The maximum absolute atomic E-state index is 14.1. The van der Waals surface area contributed by atoms with E-state index in [-0.39, 0.29) is 12.8 Å². The number of imide groups is 1. The van der Waals surface area contributed by atoms with E-state index in [2.05, 4.69) is 10.6 Å². The quantitative estimate of drug-likeness (QED) is 0.473. The third-order valence-corrected chi connectivity index (χ3v) is 8.19. The van der Waals surface area contributed by atoms with Gasteiger partial charge < -0.3 is 11.1 Å². The van der Waals surface area contributed by atoms with Crippen LogP contribution in [0.2, 0.25) is 5.02 Å². The van der Waals surface area contributed by atoms with Crippen LogP contribution in [0.25, 0.3) is 10.8 Å². The summed E-state index contributed by atoms with van der Waals surface area (Å²) in [4.78, 5) is 54.3. The van der Waals surface area contributed by atoms with E-state index < -0.39 is 47.0 Å². The highest BCUT2D eigenvalue weighted by atomic mass is 35.5. The molecule has 3 aromatic carbocycles. The molecule has 2 saturated heterocycles. The van der Waals surface area contributed by atoms with Crippen molar-refractivity contribution in [3.8, 4) is 0 Å². The topological polar surface area (TPSA) is 122 Å². The van der Waals surface area contributed by atoms with E-state index in [1.807, 2.05) is 30.3 Å². The van der Waals surface area contributed by atoms with Crippen molar-refractivity contribution in [2.45, 2.75) is 31.3 Å². The standard InChI is InChI=1S/C27H23ClN4O4/c1-13-18(28)9-8-17-23(13)30-26(36)27(17)22-21(19(31-27)10-11-20(29)33)24(34)32(25(22)35)16-7-6-14-4-2-3-5-15(14)12-16/h2-9,12,19,21-22,31H,10-11H2,1H3,(H2,29,33)(H,30,36)/t19-,21+,22-,27+/m0/s1. The molecule has 1 spiro atoms. The molecule has 182 valence electrons. The first kappa shape index (κ1) is 22.7. The van der Waals surface area contributed by atoms with Gasteiger partial charge >= 0.3 is 0 Å². The molecule has 36 heavy (non-hydrogen) atoms. The van der Waals surface area contributed by atoms with Crippen LogP contribution in [0.1, 0.15) is 24.0 Å². The first-order chi connectivity index (χ1) is 17.2. The Kier molecular flexibility index (Phi) is 4.97. The van der Waals surface area contributed by atoms with Gasteiger partial charge in [-0.15, -0.1) is 0 Å². The second-order valence-electron chi connectivity index (χ2n) is 9.66. The molecule has 3 aliphatic heterocycles. The summed E-state index contributed by atoms with van der Waals surface area (Å²) in [5.41, 5.74) is 6.19. The van der Waals surface area contributed by atoms with Gasteiger partial charge in [0.1, 0.15) is 5.54 Å². The first-order valence-electron chi connectivity index (χ1n) is 11.8. The van der Waals surface area contributed by atoms with E-state index in [1.54, 1.807) is 31.2 Å². The zero-order valence-electron chi connectivity index (χ0n) is 19.4. The molecule has 4 atom stereocenters. The summed E-state index contributed by atoms with van der Waals surface area (Å²) < 4.78 is 0. The van der Waals surface area contributed by atoms with Crippen LogP contribution >= 0.6 is 11.6 Å². The molecule has 2 fully saturated rings. The average Bonchev–Trinajstić information content (AvgIpc) is 3.44. The molecule has 9 heteroatoms. The number of fused-ring (bicyclic) bond motifs is 5. The lowest BCUT2D eigenvalue weighted by Gasteiger charge is -2.29. The molecule has 4 amide bonds. The molecule has 0 bridgehead atoms. The molecular weight excluding hydrogens is 480 g/mol. The maximum atomic E-state index is 14.1. The van der Waals surface area contributed by atoms with Crippen LogP contribution in [-0.4, -0.2) is 29.7 Å². The van der Waals surface area contributed by atoms with E-state index in [4.69, 9.17) is 17.3 Å². The third-order valence-electron chi connectivity index (χ3n) is 7.78. The van der Waals surface area contributed by atoms with E-state index in [0.29, 0.717) is 27.5 Å². The van der Waals surface area contributed by atoms with Gasteiger partial charge in [-0.2, -0.15) is 0 Å². The zero-order chi connectivity index (χ0) is 25.4. The molecule has 0 unspecified atom stereocenters. The molecule has 3 aliphatic rings. The Bertz CT molecular complexity index is 1500. The van der Waals surface area contributed by atoms with Crippen LogP contribution in [0.4, 0.5) is 11.4 Å². The Morgan fingerprint density at radius 2 is 1.81 bits per heavy atom. The van der Waals surface area contributed by atoms with Crippen LogP contribution in [0.3, 0.4) is 0 Å². The smallest absolute Gasteiger partial charge is 0.250 e. The summed E-state index contributed by atoms with van der Waals surface area (Å²) in [6.45, 7) is 1.79. The summed E-state index contributed by atoms with van der Waals surface area (Å²) in [5.74, 6) is -3.61. The monoisotopic (exact) mass is 502 g/mol. The predicted molar refractivity (Wildman–Crippen MR) is 135 cm³/mol. The van der Waals surface area contributed by atoms with E-state index in [0.717, 1.165) is 10.8 Å². The van der Waals surface area contributed by atoms with Crippen molar-refractivity contribution in [3.63, 3.8) is 0 Å². The number of nitrogens with zero attached hydrogens (tertiary/aromatic N) is 1. The first-order valence-corrected chi connectivity index (χ1v) is 12.2. The van der Waals surface area contributed by atoms with Crippen LogP contribution in [0, 0.1) is 18.8 Å². The number of nitrogens with two attached hydrogens (primary N) is 1. The second-order valence-corrected chi connectivity index (χ2v) is 10.1. The highest BCUT2D eigenvalue weighted by molar-refractivity contribution is 6.32. The number of benzene rings is 3. The summed E-state index contributed by atoms with van der Waals surface area (Å²) in [6.07, 6.45) is 0.237. The Balaban J connectivity index is 1.50. The van der Waals surface area contributed by atoms with Gasteiger partial charge in [0.15, 0.2) is 0 Å². The van der Waals surface area contributed by atoms with Gasteiger partial charge in [-0.1, -0.05) is 48.0 Å². The number of rotatable bonds is 4. The molecule has 6 rings (SSSR count). The number of nitrogens with one attached hydrogen (secondary N) is 2. The molecule has 8 nitrogen and oxygen atoms in total. The number of primary amides is 1. The number of hydrogen-bond acceptors (Lipinski definition) is 5. The van der Waals surface area contributed by atoms with Crippen molar-refractivity contribution < 1.29 is 19.2 Å². The predicted octanol–water partition coefficient (Wildman–Crippen LogP) is 2.99. The summed E-state index contributed by atoms with van der Waals surface area (Å²) >= 11 is 6.31. The lowest BCUT2D eigenvalue weighted by molar-refractivity contribution is -0.130. The Labute approximate surface area is 211 Å². The average molecular weight is 503 g/mol. The molecule has 0 saturated carbocycles. The Morgan fingerprint density at radius 1 is 1.06 bits per heavy atom. The molecule has 3 aromatic rings. The number of amides is 4. The SMILES string of the molecule is Cc1c(Cl)ccc2c1NC(=O)[C@@]21N[C@@H](CCC(N)=O)[C@H]2C(=O)N(c3ccc4ccccc4c3)C(=O)[C@H]21. The van der Waals surface area contributed by atoms with Gasteiger partial charge in [0.2, 0.25) is 23.6 Å². The Hall–Kier alpha value is -3.75. The van der Waals surface area contributed by atoms with Gasteiger partial charge in [-0.25, -0.2) is 4.90 Å². The molecule has 0 aliphatic carbocycles. The fourth-order valence-corrected chi connectivity index (χ4v) is 6.26. The van der Waals surface area contributed by atoms with Gasteiger partial charge in [0.05, 0.1) is 23.2 Å². The summed E-state index contributed by atoms with van der Waals surface area (Å²) in [5, 5.41) is 8.55. The van der Waals surface area contributed by atoms with E-state index in [9.17, 15) is 19.2 Å². The summed E-state index contributed by atoms with van der Waals surface area (Å²) in [6, 6.07) is 15.9. The zero-order valence-corrected chi connectivity index (χ0v) is 20.1. The highest BCUT2D eigenvalue weighted by Gasteiger charge is 2.70. The van der Waals surface area contributed by atoms with Crippen molar-refractivity contribution in [1.29, 1.82) is 0 Å². The Morgan fingerprint density at radius 3 is 2.56 bits per heavy atom. The largest absolute Gasteiger partial charge is 0.370 e. The maximum Gasteiger partial charge on any atom is 0.250 e. The fraction of sp³-hybridized carbons (Fsp3) is 0.259. The van der Waals surface area contributed by atoms with Gasteiger partial charge in [0, 0.05) is 23.0 Å².